The molecule has 6 rings (SSSR count). The van der Waals surface area contributed by atoms with Gasteiger partial charge in [-0.25, -0.2) is 0 Å². The summed E-state index contributed by atoms with van der Waals surface area (Å²) in [6, 6.07) is 18.9. The first-order valence-corrected chi connectivity index (χ1v) is 18.8. The van der Waals surface area contributed by atoms with Crippen LogP contribution in [-0.4, -0.2) is 61.9 Å². The van der Waals surface area contributed by atoms with E-state index >= 15 is 0 Å². The third-order valence-corrected chi connectivity index (χ3v) is 10.3. The highest BCUT2D eigenvalue weighted by atomic mass is 32.2. The van der Waals surface area contributed by atoms with Gasteiger partial charge in [-0.05, 0) is 82.9 Å². The predicted octanol–water partition coefficient (Wildman–Crippen LogP) is 3.55. The molecule has 20 heteroatoms. The normalized spacial score (nSPS) is 16.2. The molecule has 2 aliphatic rings. The number of benzene rings is 4. The lowest BCUT2D eigenvalue weighted by Crippen LogP contribution is -2.28. The van der Waals surface area contributed by atoms with Crippen molar-refractivity contribution in [3.63, 3.8) is 0 Å². The molecule has 52 heavy (non-hydrogen) atoms. The van der Waals surface area contributed by atoms with Gasteiger partial charge >= 0.3 is 0 Å². The first kappa shape index (κ1) is 35.8. The van der Waals surface area contributed by atoms with Crippen LogP contribution in [0.15, 0.2) is 104 Å². The number of fused-ring (bicyclic) bond motifs is 2. The molecule has 0 aliphatic heterocycles. The van der Waals surface area contributed by atoms with E-state index in [9.17, 15) is 48.5 Å². The topological polar surface area (TPSA) is 298 Å². The van der Waals surface area contributed by atoms with Crippen LogP contribution in [0.3, 0.4) is 0 Å². The smallest absolute Gasteiger partial charge is 0.296 e. The van der Waals surface area contributed by atoms with Gasteiger partial charge in [0.25, 0.3) is 30.4 Å². The Bertz CT molecular complexity index is 2690. The molecule has 0 radical (unpaired) electrons. The van der Waals surface area contributed by atoms with E-state index in [4.69, 9.17) is 11.5 Å². The lowest BCUT2D eigenvalue weighted by atomic mass is 9.93. The van der Waals surface area contributed by atoms with Gasteiger partial charge in [-0.1, -0.05) is 30.3 Å². The van der Waals surface area contributed by atoms with Crippen LogP contribution in [-0.2, 0) is 30.4 Å². The van der Waals surface area contributed by atoms with Crippen LogP contribution in [0.25, 0.3) is 23.3 Å². The Morgan fingerprint density at radius 2 is 1.04 bits per heavy atom. The number of carbonyl (C=O) groups is 2. The van der Waals surface area contributed by atoms with Crippen molar-refractivity contribution in [2.24, 2.45) is 10.2 Å². The molecule has 0 atom stereocenters. The Balaban J connectivity index is 1.21. The molecule has 4 aromatic rings. The Labute approximate surface area is 295 Å². The number of nitrogen functional groups attached to an aromatic ring is 2. The van der Waals surface area contributed by atoms with Crippen molar-refractivity contribution in [3.8, 4) is 11.1 Å². The van der Waals surface area contributed by atoms with Gasteiger partial charge in [0.1, 0.15) is 9.81 Å². The number of nitrogens with one attached hydrogen (secondary N) is 2. The molecular formula is C32H24N6O11S3. The second kappa shape index (κ2) is 12.9. The van der Waals surface area contributed by atoms with Crippen molar-refractivity contribution in [1.82, 2.24) is 0 Å². The molecule has 0 heterocycles. The van der Waals surface area contributed by atoms with Crippen molar-refractivity contribution in [3.05, 3.63) is 111 Å². The monoisotopic (exact) mass is 764 g/mol. The molecule has 0 bridgehead atoms. The second-order valence-electron chi connectivity index (χ2n) is 11.2. The number of hydrazone groups is 2. The van der Waals surface area contributed by atoms with Gasteiger partial charge in [0.15, 0.2) is 11.4 Å². The van der Waals surface area contributed by atoms with Gasteiger partial charge in [-0.2, -0.15) is 35.5 Å². The summed E-state index contributed by atoms with van der Waals surface area (Å²) in [7, 11) is -14.6. The van der Waals surface area contributed by atoms with Crippen LogP contribution in [0.4, 0.5) is 22.7 Å². The molecular weight excluding hydrogens is 741 g/mol. The van der Waals surface area contributed by atoms with Crippen LogP contribution in [0.5, 0.6) is 0 Å². The Morgan fingerprint density at radius 1 is 0.558 bits per heavy atom. The minimum atomic E-state index is -5.06. The third-order valence-electron chi connectivity index (χ3n) is 7.74. The average molecular weight is 765 g/mol. The quantitative estimate of drug-likeness (QED) is 0.0767. The number of hydrogen-bond acceptors (Lipinski definition) is 14. The fraction of sp³-hybridized carbons (Fsp3) is 0. The van der Waals surface area contributed by atoms with Crippen molar-refractivity contribution in [2.75, 3.05) is 22.3 Å². The fourth-order valence-electron chi connectivity index (χ4n) is 5.29. The van der Waals surface area contributed by atoms with Crippen molar-refractivity contribution < 1.29 is 48.5 Å². The zero-order valence-corrected chi connectivity index (χ0v) is 28.5. The zero-order valence-electron chi connectivity index (χ0n) is 26.0. The van der Waals surface area contributed by atoms with E-state index < -0.39 is 68.0 Å². The SMILES string of the molecule is Nc1ccc2c(c1)C(=O)/C(=N/Nc1ccc(-c3ccc(N/N=C4/C(=O)c5c(N)cc(S(=O)(=O)O)cc5C=C4S(=O)(=O)O)cc3)cc1)C(S(=O)(=O)O)=C2. The largest absolute Gasteiger partial charge is 0.399 e. The van der Waals surface area contributed by atoms with Gasteiger partial charge < -0.3 is 11.5 Å². The minimum absolute atomic E-state index is 0.111. The summed E-state index contributed by atoms with van der Waals surface area (Å²) < 4.78 is 101. The van der Waals surface area contributed by atoms with Crippen LogP contribution in [0.2, 0.25) is 0 Å². The second-order valence-corrected chi connectivity index (χ2v) is 15.4. The van der Waals surface area contributed by atoms with Crippen molar-refractivity contribution >= 4 is 88.2 Å². The molecule has 2 aliphatic carbocycles. The van der Waals surface area contributed by atoms with Gasteiger partial charge in [0.2, 0.25) is 11.6 Å². The number of rotatable bonds is 8. The number of carbonyl (C=O) groups excluding carboxylic acids is 2. The highest BCUT2D eigenvalue weighted by Crippen LogP contribution is 2.33. The van der Waals surface area contributed by atoms with Gasteiger partial charge in [0.05, 0.1) is 21.8 Å². The van der Waals surface area contributed by atoms with Gasteiger partial charge in [0, 0.05) is 16.9 Å². The standard InChI is InChI=1S/C32H24N6O11S3/c33-20-6-1-18-12-26(51(44,45)46)29(31(39)24(18)14-20)37-35-21-7-2-16(3-8-21)17-4-9-22(10-5-17)36-38-30-27(52(47,48)49)13-19-11-23(50(41,42)43)15-25(34)28(19)32(30)40/h1-15,35-36H,33-34H2,(H,41,42,43)(H,44,45,46)(H,47,48,49)/b37-29+,38-30+. The number of anilines is 4. The van der Waals surface area contributed by atoms with E-state index in [0.717, 1.165) is 24.3 Å². The molecule has 0 amide bonds. The molecule has 0 unspecified atom stereocenters. The van der Waals surface area contributed by atoms with Crippen LogP contribution in [0, 0.1) is 0 Å². The Kier molecular flexibility index (Phi) is 8.90. The van der Waals surface area contributed by atoms with E-state index in [2.05, 4.69) is 21.1 Å². The number of ketones is 2. The third kappa shape index (κ3) is 7.10. The lowest BCUT2D eigenvalue weighted by Gasteiger charge is -2.18. The maximum atomic E-state index is 13.3. The summed E-state index contributed by atoms with van der Waals surface area (Å²) >= 11 is 0. The molecule has 0 spiro atoms. The van der Waals surface area contributed by atoms with Crippen molar-refractivity contribution in [1.29, 1.82) is 0 Å². The number of nitrogens with two attached hydrogens (primary N) is 2. The minimum Gasteiger partial charge on any atom is -0.399 e. The number of allylic oxidation sites excluding steroid dienone is 2. The summed E-state index contributed by atoms with van der Waals surface area (Å²) in [6.45, 7) is 0. The van der Waals surface area contributed by atoms with E-state index in [1.165, 1.54) is 18.2 Å². The molecule has 266 valence electrons. The molecule has 9 N–H and O–H groups in total. The fourth-order valence-corrected chi connectivity index (χ4v) is 7.16. The first-order chi connectivity index (χ1) is 24.3. The summed E-state index contributed by atoms with van der Waals surface area (Å²) in [6.07, 6.45) is 1.92. The molecule has 17 nitrogen and oxygen atoms in total. The summed E-state index contributed by atoms with van der Waals surface area (Å²) in [5.74, 6) is -1.80. The van der Waals surface area contributed by atoms with Crippen LogP contribution < -0.4 is 22.3 Å². The highest BCUT2D eigenvalue weighted by molar-refractivity contribution is 7.91. The number of nitrogens with zero attached hydrogens (tertiary/aromatic N) is 2. The van der Waals surface area contributed by atoms with E-state index in [1.807, 2.05) is 0 Å². The maximum absolute atomic E-state index is 13.3. The number of Topliss-reactive ketones (excluding diaryl/α,β-unsaturated/α-hetero) is 2. The molecule has 0 saturated heterocycles. The summed E-state index contributed by atoms with van der Waals surface area (Å²) in [5, 5.41) is 7.85. The van der Waals surface area contributed by atoms with Crippen LogP contribution >= 0.6 is 0 Å². The first-order valence-electron chi connectivity index (χ1n) is 14.5. The Hall–Kier alpha value is -6.03. The number of hydrogen-bond donors (Lipinski definition) is 7. The summed E-state index contributed by atoms with van der Waals surface area (Å²) in [5.41, 5.74) is 17.2. The summed E-state index contributed by atoms with van der Waals surface area (Å²) in [4.78, 5) is 24.0. The highest BCUT2D eigenvalue weighted by Gasteiger charge is 2.35. The lowest BCUT2D eigenvalue weighted by molar-refractivity contribution is 0.105. The van der Waals surface area contributed by atoms with Crippen LogP contribution in [0.1, 0.15) is 31.8 Å². The van der Waals surface area contributed by atoms with Crippen molar-refractivity contribution in [2.45, 2.75) is 4.90 Å². The molecule has 0 saturated carbocycles. The zero-order chi connectivity index (χ0) is 37.7. The molecule has 0 aromatic heterocycles. The van der Waals surface area contributed by atoms with E-state index in [-0.39, 0.29) is 39.3 Å². The molecule has 0 fully saturated rings. The Morgan fingerprint density at radius 3 is 1.52 bits per heavy atom. The average Bonchev–Trinajstić information content (AvgIpc) is 3.06. The predicted molar refractivity (Wildman–Crippen MR) is 193 cm³/mol. The van der Waals surface area contributed by atoms with E-state index in [1.54, 1.807) is 48.5 Å². The van der Waals surface area contributed by atoms with Gasteiger partial charge in [-0.3, -0.25) is 34.1 Å². The molecule has 4 aromatic carbocycles. The maximum Gasteiger partial charge on any atom is 0.296 e. The van der Waals surface area contributed by atoms with Gasteiger partial charge in [-0.15, -0.1) is 0 Å². The van der Waals surface area contributed by atoms with E-state index in [0.29, 0.717) is 16.8 Å².